The van der Waals surface area contributed by atoms with Crippen LogP contribution in [-0.4, -0.2) is 15.3 Å². The van der Waals surface area contributed by atoms with E-state index in [-0.39, 0.29) is 5.38 Å². The Bertz CT molecular complexity index is 373. The van der Waals surface area contributed by atoms with E-state index in [1.54, 1.807) is 0 Å². The lowest BCUT2D eigenvalue weighted by molar-refractivity contribution is 0.870. The number of benzene rings is 1. The number of imidazole rings is 1. The first-order chi connectivity index (χ1) is 6.25. The van der Waals surface area contributed by atoms with Gasteiger partial charge in [0, 0.05) is 11.8 Å². The molecule has 1 atom stereocenters. The Hall–Kier alpha value is -1.02. The fourth-order valence-electron chi connectivity index (χ4n) is 1.37. The van der Waals surface area contributed by atoms with E-state index in [0.29, 0.717) is 0 Å². The molecule has 0 unspecified atom stereocenters. The quantitative estimate of drug-likeness (QED) is 0.732. The van der Waals surface area contributed by atoms with E-state index in [4.69, 9.17) is 11.6 Å². The summed E-state index contributed by atoms with van der Waals surface area (Å²) in [5, 5.41) is 0.126. The van der Waals surface area contributed by atoms with Crippen molar-refractivity contribution in [2.75, 3.05) is 0 Å². The molecular formula is C10H11ClN2. The van der Waals surface area contributed by atoms with Crippen molar-refractivity contribution >= 4 is 22.6 Å². The molecule has 1 heterocycles. The predicted molar refractivity (Wildman–Crippen MR) is 55.1 cm³/mol. The molecule has 0 aliphatic heterocycles. The third-order valence-electron chi connectivity index (χ3n) is 1.91. The number of nitrogens with zero attached hydrogens (tertiary/aromatic N) is 1. The normalized spacial score (nSPS) is 13.4. The molecule has 0 saturated heterocycles. The van der Waals surface area contributed by atoms with Crippen LogP contribution in [0.1, 0.15) is 12.7 Å². The van der Waals surface area contributed by atoms with Crippen molar-refractivity contribution in [2.24, 2.45) is 0 Å². The molecule has 13 heavy (non-hydrogen) atoms. The van der Waals surface area contributed by atoms with Gasteiger partial charge in [-0.15, -0.1) is 11.6 Å². The van der Waals surface area contributed by atoms with E-state index < -0.39 is 0 Å². The maximum absolute atomic E-state index is 5.88. The SMILES string of the molecule is C[C@H](Cl)Cc1nc2ccccc2[nH]1. The lowest BCUT2D eigenvalue weighted by Crippen LogP contribution is -1.98. The number of halogens is 1. The zero-order valence-electron chi connectivity index (χ0n) is 7.42. The van der Waals surface area contributed by atoms with E-state index in [9.17, 15) is 0 Å². The number of hydrogen-bond donors (Lipinski definition) is 1. The summed E-state index contributed by atoms with van der Waals surface area (Å²) >= 11 is 5.88. The van der Waals surface area contributed by atoms with Crippen molar-refractivity contribution in [3.63, 3.8) is 0 Å². The van der Waals surface area contributed by atoms with Crippen molar-refractivity contribution in [3.8, 4) is 0 Å². The van der Waals surface area contributed by atoms with Gasteiger partial charge in [0.25, 0.3) is 0 Å². The van der Waals surface area contributed by atoms with E-state index in [0.717, 1.165) is 23.3 Å². The molecule has 1 N–H and O–H groups in total. The zero-order chi connectivity index (χ0) is 9.26. The number of H-pyrrole nitrogens is 1. The lowest BCUT2D eigenvalue weighted by Gasteiger charge is -1.96. The van der Waals surface area contributed by atoms with Crippen LogP contribution in [0.15, 0.2) is 24.3 Å². The highest BCUT2D eigenvalue weighted by Gasteiger charge is 2.04. The van der Waals surface area contributed by atoms with Crippen molar-refractivity contribution in [3.05, 3.63) is 30.1 Å². The zero-order valence-corrected chi connectivity index (χ0v) is 8.17. The number of nitrogens with one attached hydrogen (secondary N) is 1. The van der Waals surface area contributed by atoms with Gasteiger partial charge in [-0.3, -0.25) is 0 Å². The molecule has 1 aromatic carbocycles. The molecule has 0 saturated carbocycles. The standard InChI is InChI=1S/C10H11ClN2/c1-7(11)6-10-12-8-4-2-3-5-9(8)13-10/h2-5,7H,6H2,1H3,(H,12,13)/t7-/m0/s1. The molecule has 0 amide bonds. The molecule has 2 nitrogen and oxygen atoms in total. The van der Waals surface area contributed by atoms with Crippen LogP contribution >= 0.6 is 11.6 Å². The number of para-hydroxylation sites is 2. The molecule has 0 aliphatic carbocycles. The summed E-state index contributed by atoms with van der Waals surface area (Å²) in [5.41, 5.74) is 2.09. The van der Waals surface area contributed by atoms with Gasteiger partial charge in [0.2, 0.25) is 0 Å². The Kier molecular flexibility index (Phi) is 2.23. The maximum atomic E-state index is 5.88. The third kappa shape index (κ3) is 1.83. The third-order valence-corrected chi connectivity index (χ3v) is 2.07. The largest absolute Gasteiger partial charge is 0.342 e. The molecule has 0 aliphatic rings. The van der Waals surface area contributed by atoms with Crippen LogP contribution < -0.4 is 0 Å². The topological polar surface area (TPSA) is 28.7 Å². The maximum Gasteiger partial charge on any atom is 0.108 e. The minimum absolute atomic E-state index is 0.126. The van der Waals surface area contributed by atoms with Gasteiger partial charge in [0.15, 0.2) is 0 Å². The Morgan fingerprint density at radius 1 is 1.46 bits per heavy atom. The highest BCUT2D eigenvalue weighted by molar-refractivity contribution is 6.20. The summed E-state index contributed by atoms with van der Waals surface area (Å²) < 4.78 is 0. The lowest BCUT2D eigenvalue weighted by atomic mass is 10.3. The van der Waals surface area contributed by atoms with Crippen molar-refractivity contribution in [1.82, 2.24) is 9.97 Å². The second-order valence-corrected chi connectivity index (χ2v) is 3.93. The minimum atomic E-state index is 0.126. The summed E-state index contributed by atoms with van der Waals surface area (Å²) in [6.45, 7) is 1.97. The summed E-state index contributed by atoms with van der Waals surface area (Å²) in [7, 11) is 0. The fraction of sp³-hybridized carbons (Fsp3) is 0.300. The van der Waals surface area contributed by atoms with E-state index >= 15 is 0 Å². The average molecular weight is 195 g/mol. The van der Waals surface area contributed by atoms with E-state index in [2.05, 4.69) is 9.97 Å². The van der Waals surface area contributed by atoms with Crippen LogP contribution in [0.3, 0.4) is 0 Å². The first-order valence-corrected chi connectivity index (χ1v) is 4.77. The van der Waals surface area contributed by atoms with Crippen LogP contribution in [-0.2, 0) is 6.42 Å². The van der Waals surface area contributed by atoms with Crippen molar-refractivity contribution in [1.29, 1.82) is 0 Å². The molecule has 2 aromatic rings. The highest BCUT2D eigenvalue weighted by Crippen LogP contribution is 2.12. The molecule has 0 spiro atoms. The van der Waals surface area contributed by atoms with Gasteiger partial charge in [-0.05, 0) is 19.1 Å². The van der Waals surface area contributed by atoms with Crippen LogP contribution in [0.2, 0.25) is 0 Å². The molecule has 0 radical (unpaired) electrons. The van der Waals surface area contributed by atoms with Crippen molar-refractivity contribution < 1.29 is 0 Å². The Morgan fingerprint density at radius 2 is 2.23 bits per heavy atom. The summed E-state index contributed by atoms with van der Waals surface area (Å²) in [6, 6.07) is 7.99. The predicted octanol–water partition coefficient (Wildman–Crippen LogP) is 2.73. The summed E-state index contributed by atoms with van der Waals surface area (Å²) in [6.07, 6.45) is 0.788. The average Bonchev–Trinajstić information content (AvgIpc) is 2.44. The van der Waals surface area contributed by atoms with Crippen LogP contribution in [0, 0.1) is 0 Å². The number of rotatable bonds is 2. The molecule has 68 valence electrons. The van der Waals surface area contributed by atoms with Gasteiger partial charge >= 0.3 is 0 Å². The second-order valence-electron chi connectivity index (χ2n) is 3.19. The summed E-state index contributed by atoms with van der Waals surface area (Å²) in [4.78, 5) is 7.64. The highest BCUT2D eigenvalue weighted by atomic mass is 35.5. The number of fused-ring (bicyclic) bond motifs is 1. The van der Waals surface area contributed by atoms with Gasteiger partial charge < -0.3 is 4.98 Å². The molecule has 3 heteroatoms. The Labute approximate surface area is 81.9 Å². The summed E-state index contributed by atoms with van der Waals surface area (Å²) in [5.74, 6) is 0.962. The molecule has 2 rings (SSSR count). The number of hydrogen-bond acceptors (Lipinski definition) is 1. The van der Waals surface area contributed by atoms with Gasteiger partial charge in [0.1, 0.15) is 5.82 Å². The van der Waals surface area contributed by atoms with Crippen LogP contribution in [0.5, 0.6) is 0 Å². The molecular weight excluding hydrogens is 184 g/mol. The van der Waals surface area contributed by atoms with Crippen molar-refractivity contribution in [2.45, 2.75) is 18.7 Å². The molecule has 0 fully saturated rings. The van der Waals surface area contributed by atoms with Crippen LogP contribution in [0.4, 0.5) is 0 Å². The fourth-order valence-corrected chi connectivity index (χ4v) is 1.51. The van der Waals surface area contributed by atoms with Gasteiger partial charge in [-0.1, -0.05) is 12.1 Å². The second kappa shape index (κ2) is 3.38. The monoisotopic (exact) mass is 194 g/mol. The number of aromatic amines is 1. The molecule has 0 bridgehead atoms. The van der Waals surface area contributed by atoms with Gasteiger partial charge in [-0.25, -0.2) is 4.98 Å². The Morgan fingerprint density at radius 3 is 2.92 bits per heavy atom. The molecule has 1 aromatic heterocycles. The van der Waals surface area contributed by atoms with Gasteiger partial charge in [0.05, 0.1) is 11.0 Å². The minimum Gasteiger partial charge on any atom is -0.342 e. The van der Waals surface area contributed by atoms with E-state index in [1.165, 1.54) is 0 Å². The first kappa shape index (κ1) is 8.57. The van der Waals surface area contributed by atoms with Crippen LogP contribution in [0.25, 0.3) is 11.0 Å². The Balaban J connectivity index is 2.38. The smallest absolute Gasteiger partial charge is 0.108 e. The number of aromatic nitrogens is 2. The van der Waals surface area contributed by atoms with E-state index in [1.807, 2.05) is 31.2 Å². The first-order valence-electron chi connectivity index (χ1n) is 4.33. The number of alkyl halides is 1. The van der Waals surface area contributed by atoms with Gasteiger partial charge in [-0.2, -0.15) is 0 Å².